The summed E-state index contributed by atoms with van der Waals surface area (Å²) in [5.41, 5.74) is 1.93. The van der Waals surface area contributed by atoms with Gasteiger partial charge in [-0.25, -0.2) is 4.79 Å². The molecular weight excluding hydrogens is 394 g/mol. The van der Waals surface area contributed by atoms with Gasteiger partial charge in [0, 0.05) is 31.3 Å². The first-order chi connectivity index (χ1) is 14.7. The van der Waals surface area contributed by atoms with Gasteiger partial charge in [0.15, 0.2) is 0 Å². The highest BCUT2D eigenvalue weighted by atomic mass is 16.6. The van der Waals surface area contributed by atoms with E-state index < -0.39 is 11.7 Å². The van der Waals surface area contributed by atoms with Crippen molar-refractivity contribution in [3.05, 3.63) is 71.8 Å². The Balaban J connectivity index is 1.70. The Kier molecular flexibility index (Phi) is 8.81. The Morgan fingerprint density at radius 1 is 0.935 bits per heavy atom. The van der Waals surface area contributed by atoms with Gasteiger partial charge in [-0.1, -0.05) is 42.5 Å². The maximum absolute atomic E-state index is 12.0. The lowest BCUT2D eigenvalue weighted by Gasteiger charge is -2.19. The number of ether oxygens (including phenoxy) is 1. The van der Waals surface area contributed by atoms with Crippen molar-refractivity contribution in [1.29, 1.82) is 0 Å². The zero-order valence-corrected chi connectivity index (χ0v) is 18.1. The first kappa shape index (κ1) is 23.7. The van der Waals surface area contributed by atoms with Gasteiger partial charge in [0.25, 0.3) is 0 Å². The molecule has 0 saturated heterocycles. The minimum absolute atomic E-state index is 0.130. The van der Waals surface area contributed by atoms with Crippen molar-refractivity contribution in [3.63, 3.8) is 0 Å². The molecule has 3 amide bonds. The summed E-state index contributed by atoms with van der Waals surface area (Å²) in [7, 11) is 0. The van der Waals surface area contributed by atoms with Crippen LogP contribution in [0, 0.1) is 0 Å². The predicted molar refractivity (Wildman–Crippen MR) is 121 cm³/mol. The third kappa shape index (κ3) is 10.1. The first-order valence-corrected chi connectivity index (χ1v) is 10.1. The van der Waals surface area contributed by atoms with Crippen LogP contribution in [0.15, 0.2) is 60.7 Å². The van der Waals surface area contributed by atoms with E-state index in [1.807, 2.05) is 42.5 Å². The summed E-state index contributed by atoms with van der Waals surface area (Å²) in [5, 5.41) is 8.13. The summed E-state index contributed by atoms with van der Waals surface area (Å²) in [6.07, 6.45) is 2.83. The summed E-state index contributed by atoms with van der Waals surface area (Å²) >= 11 is 0. The Bertz CT molecular complexity index is 901. The van der Waals surface area contributed by atoms with E-state index in [1.54, 1.807) is 39.0 Å². The van der Waals surface area contributed by atoms with Gasteiger partial charge in [0.2, 0.25) is 11.8 Å². The zero-order chi connectivity index (χ0) is 22.7. The van der Waals surface area contributed by atoms with E-state index in [1.165, 1.54) is 6.08 Å². The van der Waals surface area contributed by atoms with Crippen molar-refractivity contribution in [1.82, 2.24) is 10.6 Å². The van der Waals surface area contributed by atoms with Crippen molar-refractivity contribution in [3.8, 4) is 0 Å². The average Bonchev–Trinajstić information content (AvgIpc) is 2.71. The summed E-state index contributed by atoms with van der Waals surface area (Å²) in [4.78, 5) is 35.5. The molecular formula is C24H29N3O4. The highest BCUT2D eigenvalue weighted by molar-refractivity contribution is 5.92. The summed E-state index contributed by atoms with van der Waals surface area (Å²) in [6, 6.07) is 16.8. The Labute approximate surface area is 182 Å². The van der Waals surface area contributed by atoms with Crippen LogP contribution in [0.4, 0.5) is 10.5 Å². The van der Waals surface area contributed by atoms with Crippen molar-refractivity contribution >= 4 is 29.7 Å². The van der Waals surface area contributed by atoms with E-state index in [0.29, 0.717) is 12.2 Å². The maximum atomic E-state index is 12.0. The van der Waals surface area contributed by atoms with Crippen LogP contribution in [-0.4, -0.2) is 30.1 Å². The molecule has 0 aromatic heterocycles. The van der Waals surface area contributed by atoms with Gasteiger partial charge < -0.3 is 20.7 Å². The summed E-state index contributed by atoms with van der Waals surface area (Å²) < 4.78 is 5.11. The second-order valence-corrected chi connectivity index (χ2v) is 7.89. The fraction of sp³-hybridized carbons (Fsp3) is 0.292. The molecule has 2 aromatic rings. The molecule has 31 heavy (non-hydrogen) atoms. The molecule has 0 aliphatic carbocycles. The SMILES string of the molecule is CC(C)(C)OC(=O)NCCC(=O)Nc1ccc(CNC(=O)/C=C/c2ccccc2)cc1. The normalized spacial score (nSPS) is 11.1. The number of nitrogens with one attached hydrogen (secondary N) is 3. The van der Waals surface area contributed by atoms with E-state index >= 15 is 0 Å². The van der Waals surface area contributed by atoms with Gasteiger partial charge >= 0.3 is 6.09 Å². The molecule has 2 rings (SSSR count). The van der Waals surface area contributed by atoms with Crippen LogP contribution in [-0.2, 0) is 20.9 Å². The molecule has 0 unspecified atom stereocenters. The molecule has 0 aliphatic rings. The number of hydrogen-bond donors (Lipinski definition) is 3. The Morgan fingerprint density at radius 2 is 1.61 bits per heavy atom. The molecule has 0 atom stereocenters. The third-order valence-corrected chi connectivity index (χ3v) is 3.95. The van der Waals surface area contributed by atoms with Gasteiger partial charge in [-0.2, -0.15) is 0 Å². The lowest BCUT2D eigenvalue weighted by Crippen LogP contribution is -2.34. The molecule has 0 saturated carbocycles. The van der Waals surface area contributed by atoms with Crippen LogP contribution in [0.3, 0.4) is 0 Å². The molecule has 7 heteroatoms. The van der Waals surface area contributed by atoms with Crippen molar-refractivity contribution in [2.45, 2.75) is 39.3 Å². The van der Waals surface area contributed by atoms with Crippen LogP contribution >= 0.6 is 0 Å². The van der Waals surface area contributed by atoms with E-state index in [4.69, 9.17) is 4.74 Å². The topological polar surface area (TPSA) is 96.5 Å². The number of benzene rings is 2. The number of hydrogen-bond acceptors (Lipinski definition) is 4. The molecule has 0 bridgehead atoms. The van der Waals surface area contributed by atoms with Gasteiger partial charge in [-0.3, -0.25) is 9.59 Å². The summed E-state index contributed by atoms with van der Waals surface area (Å²) in [5.74, 6) is -0.401. The summed E-state index contributed by atoms with van der Waals surface area (Å²) in [6.45, 7) is 5.88. The maximum Gasteiger partial charge on any atom is 0.407 e. The average molecular weight is 424 g/mol. The quantitative estimate of drug-likeness (QED) is 0.562. The Morgan fingerprint density at radius 3 is 2.26 bits per heavy atom. The molecule has 2 aromatic carbocycles. The van der Waals surface area contributed by atoms with Crippen molar-refractivity contribution in [2.75, 3.05) is 11.9 Å². The molecule has 0 radical (unpaired) electrons. The lowest BCUT2D eigenvalue weighted by molar-refractivity contribution is -0.117. The highest BCUT2D eigenvalue weighted by Gasteiger charge is 2.15. The number of alkyl carbamates (subject to hydrolysis) is 1. The molecule has 0 fully saturated rings. The minimum Gasteiger partial charge on any atom is -0.444 e. The fourth-order valence-electron chi connectivity index (χ4n) is 2.51. The lowest BCUT2D eigenvalue weighted by atomic mass is 10.2. The minimum atomic E-state index is -0.578. The van der Waals surface area contributed by atoms with Gasteiger partial charge in [-0.05, 0) is 50.1 Å². The van der Waals surface area contributed by atoms with Crippen molar-refractivity contribution < 1.29 is 19.1 Å². The van der Waals surface area contributed by atoms with Crippen molar-refractivity contribution in [2.24, 2.45) is 0 Å². The number of carbonyl (C=O) groups excluding carboxylic acids is 3. The molecule has 0 spiro atoms. The van der Waals surface area contributed by atoms with E-state index in [2.05, 4.69) is 16.0 Å². The molecule has 3 N–H and O–H groups in total. The largest absolute Gasteiger partial charge is 0.444 e. The van der Waals surface area contributed by atoms with Gasteiger partial charge in [-0.15, -0.1) is 0 Å². The number of carbonyl (C=O) groups is 3. The molecule has 0 heterocycles. The molecule has 0 aliphatic heterocycles. The van der Waals surface area contributed by atoms with Crippen LogP contribution in [0.5, 0.6) is 0 Å². The van der Waals surface area contributed by atoms with Crippen LogP contribution in [0.2, 0.25) is 0 Å². The Hall–Kier alpha value is -3.61. The van der Waals surface area contributed by atoms with Gasteiger partial charge in [0.05, 0.1) is 0 Å². The monoisotopic (exact) mass is 423 g/mol. The fourth-order valence-corrected chi connectivity index (χ4v) is 2.51. The second-order valence-electron chi connectivity index (χ2n) is 7.89. The van der Waals surface area contributed by atoms with E-state index in [0.717, 1.165) is 11.1 Å². The van der Waals surface area contributed by atoms with Crippen LogP contribution in [0.1, 0.15) is 38.3 Å². The third-order valence-electron chi connectivity index (χ3n) is 3.95. The first-order valence-electron chi connectivity index (χ1n) is 10.1. The van der Waals surface area contributed by atoms with E-state index in [-0.39, 0.29) is 24.8 Å². The number of amides is 3. The molecule has 164 valence electrons. The standard InChI is InChI=1S/C24H29N3O4/c1-24(2,3)31-23(30)25-16-15-22(29)27-20-12-9-19(10-13-20)17-26-21(28)14-11-18-7-5-4-6-8-18/h4-14H,15-17H2,1-3H3,(H,25,30)(H,26,28)(H,27,29)/b14-11+. The zero-order valence-electron chi connectivity index (χ0n) is 18.1. The second kappa shape index (κ2) is 11.5. The smallest absolute Gasteiger partial charge is 0.407 e. The van der Waals surface area contributed by atoms with Crippen LogP contribution in [0.25, 0.3) is 6.08 Å². The van der Waals surface area contributed by atoms with Gasteiger partial charge in [0.1, 0.15) is 5.60 Å². The highest BCUT2D eigenvalue weighted by Crippen LogP contribution is 2.10. The predicted octanol–water partition coefficient (Wildman–Crippen LogP) is 3.87. The van der Waals surface area contributed by atoms with Crippen LogP contribution < -0.4 is 16.0 Å². The number of anilines is 1. The molecule has 7 nitrogen and oxygen atoms in total. The van der Waals surface area contributed by atoms with E-state index in [9.17, 15) is 14.4 Å². The number of rotatable bonds is 8.